The third-order valence-corrected chi connectivity index (χ3v) is 7.11. The molecule has 2 aliphatic heterocycles. The normalized spacial score (nSPS) is 22.9. The van der Waals surface area contributed by atoms with E-state index < -0.39 is 0 Å². The molecular formula is C23H29ClN6O. The molecule has 1 atom stereocenters. The Bertz CT molecular complexity index is 947. The smallest absolute Gasteiger partial charge is 0.227 e. The molecule has 1 amide bonds. The fourth-order valence-electron chi connectivity index (χ4n) is 5.25. The first-order valence-electron chi connectivity index (χ1n) is 11.5. The summed E-state index contributed by atoms with van der Waals surface area (Å²) in [6.07, 6.45) is 14.3. The van der Waals surface area contributed by atoms with Gasteiger partial charge >= 0.3 is 0 Å². The number of hydrogen-bond acceptors (Lipinski definition) is 6. The average Bonchev–Trinajstić information content (AvgIpc) is 3.47. The topological polar surface area (TPSA) is 74.2 Å². The lowest BCUT2D eigenvalue weighted by molar-refractivity contribution is -0.117. The molecule has 164 valence electrons. The summed E-state index contributed by atoms with van der Waals surface area (Å²) in [6, 6.07) is 2.65. The van der Waals surface area contributed by atoms with Gasteiger partial charge in [0.1, 0.15) is 0 Å². The van der Waals surface area contributed by atoms with Crippen LogP contribution in [0.5, 0.6) is 0 Å². The largest absolute Gasteiger partial charge is 0.323 e. The number of aromatic nitrogens is 3. The Morgan fingerprint density at radius 1 is 1.03 bits per heavy atom. The van der Waals surface area contributed by atoms with Gasteiger partial charge in [-0.3, -0.25) is 14.7 Å². The van der Waals surface area contributed by atoms with Crippen molar-refractivity contribution in [3.05, 3.63) is 35.4 Å². The van der Waals surface area contributed by atoms with Crippen molar-refractivity contribution >= 4 is 34.8 Å². The van der Waals surface area contributed by atoms with E-state index in [4.69, 9.17) is 16.6 Å². The van der Waals surface area contributed by atoms with Gasteiger partial charge in [-0.2, -0.15) is 0 Å². The van der Waals surface area contributed by atoms with Crippen LogP contribution in [0, 0.1) is 0 Å². The minimum atomic E-state index is 0.146. The van der Waals surface area contributed by atoms with Crippen molar-refractivity contribution in [1.29, 1.82) is 0 Å². The Morgan fingerprint density at radius 3 is 2.71 bits per heavy atom. The van der Waals surface area contributed by atoms with E-state index in [-0.39, 0.29) is 5.91 Å². The van der Waals surface area contributed by atoms with Crippen LogP contribution in [0.25, 0.3) is 0 Å². The van der Waals surface area contributed by atoms with Crippen LogP contribution in [0.3, 0.4) is 0 Å². The predicted molar refractivity (Wildman–Crippen MR) is 122 cm³/mol. The van der Waals surface area contributed by atoms with Crippen molar-refractivity contribution in [2.24, 2.45) is 0 Å². The first-order valence-corrected chi connectivity index (χ1v) is 11.8. The van der Waals surface area contributed by atoms with E-state index in [2.05, 4.69) is 20.2 Å². The summed E-state index contributed by atoms with van der Waals surface area (Å²) in [5.41, 5.74) is 2.50. The SMILES string of the molecule is O=C1CCCN1c1cncc(Nc2ncc(Cl)c(C3CCCN(C4CCCC4)C3)n2)c1. The molecule has 1 saturated carbocycles. The summed E-state index contributed by atoms with van der Waals surface area (Å²) in [7, 11) is 0. The maximum absolute atomic E-state index is 12.1. The molecule has 4 heterocycles. The fraction of sp³-hybridized carbons (Fsp3) is 0.565. The zero-order valence-electron chi connectivity index (χ0n) is 17.8. The number of rotatable bonds is 5. The Labute approximate surface area is 188 Å². The zero-order chi connectivity index (χ0) is 21.2. The molecule has 5 rings (SSSR count). The molecule has 3 aliphatic rings. The number of likely N-dealkylation sites (tertiary alicyclic amines) is 1. The predicted octanol–water partition coefficient (Wildman–Crippen LogP) is 4.52. The third-order valence-electron chi connectivity index (χ3n) is 6.82. The van der Waals surface area contributed by atoms with Gasteiger partial charge in [-0.15, -0.1) is 0 Å². The monoisotopic (exact) mass is 440 g/mol. The lowest BCUT2D eigenvalue weighted by atomic mass is 9.93. The van der Waals surface area contributed by atoms with Gasteiger partial charge in [-0.1, -0.05) is 24.4 Å². The molecule has 0 aromatic carbocycles. The van der Waals surface area contributed by atoms with E-state index >= 15 is 0 Å². The molecular weight excluding hydrogens is 412 g/mol. The fourth-order valence-corrected chi connectivity index (χ4v) is 5.50. The number of anilines is 3. The van der Waals surface area contributed by atoms with Crippen LogP contribution in [-0.2, 0) is 4.79 Å². The van der Waals surface area contributed by atoms with Crippen LogP contribution in [0.1, 0.15) is 63.0 Å². The van der Waals surface area contributed by atoms with Crippen LogP contribution >= 0.6 is 11.6 Å². The molecule has 0 bridgehead atoms. The third kappa shape index (κ3) is 4.53. The number of nitrogens with one attached hydrogen (secondary N) is 1. The maximum Gasteiger partial charge on any atom is 0.227 e. The summed E-state index contributed by atoms with van der Waals surface area (Å²) >= 11 is 6.54. The van der Waals surface area contributed by atoms with Gasteiger partial charge in [0, 0.05) is 31.5 Å². The molecule has 2 aromatic rings. The highest BCUT2D eigenvalue weighted by Gasteiger charge is 2.30. The van der Waals surface area contributed by atoms with E-state index in [1.807, 2.05) is 6.07 Å². The number of carbonyl (C=O) groups excluding carboxylic acids is 1. The molecule has 31 heavy (non-hydrogen) atoms. The Morgan fingerprint density at radius 2 is 1.90 bits per heavy atom. The van der Waals surface area contributed by atoms with Gasteiger partial charge in [-0.25, -0.2) is 9.97 Å². The maximum atomic E-state index is 12.1. The Kier molecular flexibility index (Phi) is 6.05. The highest BCUT2D eigenvalue weighted by atomic mass is 35.5. The van der Waals surface area contributed by atoms with Crippen LogP contribution in [0.4, 0.5) is 17.3 Å². The van der Waals surface area contributed by atoms with Crippen molar-refractivity contribution < 1.29 is 4.79 Å². The van der Waals surface area contributed by atoms with Crippen molar-refractivity contribution in [2.45, 2.75) is 63.3 Å². The molecule has 3 fully saturated rings. The highest BCUT2D eigenvalue weighted by molar-refractivity contribution is 6.31. The molecule has 0 spiro atoms. The molecule has 1 aliphatic carbocycles. The number of piperidine rings is 1. The van der Waals surface area contributed by atoms with Crippen molar-refractivity contribution in [1.82, 2.24) is 19.9 Å². The number of halogens is 1. The number of hydrogen-bond donors (Lipinski definition) is 1. The quantitative estimate of drug-likeness (QED) is 0.736. The Balaban J connectivity index is 1.32. The van der Waals surface area contributed by atoms with Crippen molar-refractivity contribution in [3.8, 4) is 0 Å². The van der Waals surface area contributed by atoms with Crippen LogP contribution < -0.4 is 10.2 Å². The first kappa shape index (κ1) is 20.6. The first-order chi connectivity index (χ1) is 15.2. The van der Waals surface area contributed by atoms with E-state index in [0.29, 0.717) is 23.3 Å². The average molecular weight is 441 g/mol. The summed E-state index contributed by atoms with van der Waals surface area (Å²) in [5.74, 6) is 0.995. The van der Waals surface area contributed by atoms with Gasteiger partial charge in [0.15, 0.2) is 0 Å². The van der Waals surface area contributed by atoms with Crippen LogP contribution in [0.15, 0.2) is 24.7 Å². The lowest BCUT2D eigenvalue weighted by Crippen LogP contribution is -2.41. The standard InChI is InChI=1S/C23H29ClN6O/c24-20-14-26-23(27-17-11-19(13-25-12-17)30-10-4-8-21(30)31)28-22(20)16-5-3-9-29(15-16)18-6-1-2-7-18/h11-14,16,18H,1-10,15H2,(H,26,27,28). The van der Waals surface area contributed by atoms with Gasteiger partial charge in [0.25, 0.3) is 0 Å². The number of amides is 1. The van der Waals surface area contributed by atoms with Gasteiger partial charge < -0.3 is 10.2 Å². The molecule has 2 aromatic heterocycles. The molecule has 2 saturated heterocycles. The minimum Gasteiger partial charge on any atom is -0.323 e. The summed E-state index contributed by atoms with van der Waals surface area (Å²) in [5, 5.41) is 3.90. The lowest BCUT2D eigenvalue weighted by Gasteiger charge is -2.36. The Hall–Kier alpha value is -2.25. The summed E-state index contributed by atoms with van der Waals surface area (Å²) in [6.45, 7) is 2.95. The molecule has 1 unspecified atom stereocenters. The molecule has 0 radical (unpaired) electrons. The van der Waals surface area contributed by atoms with Crippen LogP contribution in [0.2, 0.25) is 5.02 Å². The van der Waals surface area contributed by atoms with Gasteiger partial charge in [-0.05, 0) is 44.7 Å². The number of nitrogens with zero attached hydrogens (tertiary/aromatic N) is 5. The zero-order valence-corrected chi connectivity index (χ0v) is 18.5. The van der Waals surface area contributed by atoms with Gasteiger partial charge in [0.2, 0.25) is 11.9 Å². The molecule has 8 heteroatoms. The second-order valence-electron chi connectivity index (χ2n) is 8.90. The van der Waals surface area contributed by atoms with Crippen molar-refractivity contribution in [2.75, 3.05) is 29.9 Å². The van der Waals surface area contributed by atoms with E-state index in [9.17, 15) is 4.79 Å². The summed E-state index contributed by atoms with van der Waals surface area (Å²) in [4.78, 5) is 30.0. The van der Waals surface area contributed by atoms with E-state index in [1.165, 1.54) is 38.6 Å². The van der Waals surface area contributed by atoms with E-state index in [0.717, 1.165) is 49.0 Å². The number of carbonyl (C=O) groups is 1. The van der Waals surface area contributed by atoms with E-state index in [1.54, 1.807) is 23.5 Å². The minimum absolute atomic E-state index is 0.146. The van der Waals surface area contributed by atoms with Crippen LogP contribution in [-0.4, -0.2) is 51.4 Å². The highest BCUT2D eigenvalue weighted by Crippen LogP contribution is 2.34. The van der Waals surface area contributed by atoms with Gasteiger partial charge in [0.05, 0.1) is 40.7 Å². The second-order valence-corrected chi connectivity index (χ2v) is 9.31. The summed E-state index contributed by atoms with van der Waals surface area (Å²) < 4.78 is 0. The second kappa shape index (κ2) is 9.09. The number of pyridine rings is 1. The molecule has 1 N–H and O–H groups in total. The molecule has 7 nitrogen and oxygen atoms in total. The van der Waals surface area contributed by atoms with Crippen molar-refractivity contribution in [3.63, 3.8) is 0 Å².